The number of hydrogen-bond donors (Lipinski definition) is 2. The first-order valence-electron chi connectivity index (χ1n) is 23.3. The topological polar surface area (TPSA) is 289 Å². The molecule has 2 aromatic heterocycles. The number of carbonyl (C=O) groups excluding carboxylic acids is 7. The molecule has 0 radical (unpaired) electrons. The second kappa shape index (κ2) is 23.8. The number of esters is 4. The monoisotopic (exact) mass is 1080 g/mol. The van der Waals surface area contributed by atoms with E-state index in [-0.39, 0.29) is 57.7 Å². The van der Waals surface area contributed by atoms with E-state index >= 15 is 0 Å². The van der Waals surface area contributed by atoms with Crippen molar-refractivity contribution >= 4 is 76.9 Å². The number of aromatic nitrogens is 5. The lowest BCUT2D eigenvalue weighted by molar-refractivity contribution is -0.154. The van der Waals surface area contributed by atoms with Crippen molar-refractivity contribution in [3.05, 3.63) is 191 Å². The molecule has 24 heteroatoms. The van der Waals surface area contributed by atoms with Crippen LogP contribution in [0.2, 0.25) is 0 Å². The van der Waals surface area contributed by atoms with Crippen molar-refractivity contribution in [1.29, 1.82) is 0 Å². The number of nitrogens with zero attached hydrogens (tertiary/aromatic N) is 7. The van der Waals surface area contributed by atoms with Gasteiger partial charge in [-0.3, -0.25) is 28.9 Å². The first-order valence-corrected chi connectivity index (χ1v) is 25.3. The van der Waals surface area contributed by atoms with Crippen LogP contribution in [0.15, 0.2) is 172 Å². The van der Waals surface area contributed by atoms with Gasteiger partial charge in [0.2, 0.25) is 5.16 Å². The number of amides is 2. The largest absolute Gasteiger partial charge is 0.451 e. The molecule has 0 spiro atoms. The Hall–Kier alpha value is -9.42. The second-order valence-corrected chi connectivity index (χ2v) is 18.8. The summed E-state index contributed by atoms with van der Waals surface area (Å²) in [4.78, 5) is 104. The summed E-state index contributed by atoms with van der Waals surface area (Å²) in [5, 5.41) is 17.7. The number of ether oxygens (including phenoxy) is 4. The summed E-state index contributed by atoms with van der Waals surface area (Å²) in [6.45, 7) is 1.87. The lowest BCUT2D eigenvalue weighted by Crippen LogP contribution is -2.71. The normalized spacial score (nSPS) is 15.0. The van der Waals surface area contributed by atoms with Crippen LogP contribution in [0.25, 0.3) is 0 Å². The predicted octanol–water partition coefficient (Wildman–Crippen LogP) is 5.77. The third kappa shape index (κ3) is 12.4. The molecule has 0 unspecified atom stereocenters. The molecule has 0 bridgehead atoms. The minimum absolute atomic E-state index is 0.0446. The first-order chi connectivity index (χ1) is 37.3. The Morgan fingerprint density at radius 3 is 1.91 bits per heavy atom. The minimum Gasteiger partial charge on any atom is -0.451 e. The van der Waals surface area contributed by atoms with E-state index in [0.717, 1.165) is 49.1 Å². The summed E-state index contributed by atoms with van der Waals surface area (Å²) in [6.07, 6.45) is -0.646. The Morgan fingerprint density at radius 2 is 1.35 bits per heavy atom. The second-order valence-electron chi connectivity index (χ2n) is 16.8. The Morgan fingerprint density at radius 1 is 0.779 bits per heavy atom. The highest BCUT2D eigenvalue weighted by molar-refractivity contribution is 8.01. The van der Waals surface area contributed by atoms with Crippen LogP contribution in [0.3, 0.4) is 0 Å². The van der Waals surface area contributed by atoms with Crippen LogP contribution in [0, 0.1) is 0 Å². The maximum absolute atomic E-state index is 14.8. The number of nitrogens with two attached hydrogens (primary N) is 1. The highest BCUT2D eigenvalue weighted by Gasteiger charge is 2.55. The van der Waals surface area contributed by atoms with Gasteiger partial charge >= 0.3 is 29.8 Å². The summed E-state index contributed by atoms with van der Waals surface area (Å²) < 4.78 is 28.9. The summed E-state index contributed by atoms with van der Waals surface area (Å²) in [6, 6.07) is 38.5. The minimum atomic E-state index is -1.28. The zero-order valence-electron chi connectivity index (χ0n) is 40.6. The summed E-state index contributed by atoms with van der Waals surface area (Å²) in [5.74, 6) is -6.15. The van der Waals surface area contributed by atoms with Crippen LogP contribution in [0.1, 0.15) is 64.4 Å². The molecule has 2 aliphatic rings. The molecule has 1 saturated heterocycles. The quantitative estimate of drug-likeness (QED) is 0.0185. The van der Waals surface area contributed by atoms with E-state index < -0.39 is 71.0 Å². The third-order valence-corrected chi connectivity index (χ3v) is 13.8. The molecule has 2 atom stereocenters. The molecule has 7 aromatic rings. The lowest BCUT2D eigenvalue weighted by Gasteiger charge is -2.49. The van der Waals surface area contributed by atoms with Crippen molar-refractivity contribution in [2.24, 2.45) is 5.16 Å². The van der Waals surface area contributed by atoms with Gasteiger partial charge in [0.05, 0.1) is 5.56 Å². The van der Waals surface area contributed by atoms with Crippen LogP contribution < -0.4 is 20.5 Å². The molecule has 0 saturated carbocycles. The zero-order chi connectivity index (χ0) is 54.0. The van der Waals surface area contributed by atoms with Crippen LogP contribution in [-0.2, 0) is 49.6 Å². The van der Waals surface area contributed by atoms with Gasteiger partial charge in [0.15, 0.2) is 29.4 Å². The molecule has 390 valence electrons. The molecule has 5 aromatic carbocycles. The number of rotatable bonds is 19. The number of nitrogen functional groups attached to an aromatic ring is 1. The van der Waals surface area contributed by atoms with Crippen LogP contribution in [-0.4, -0.2) is 100 Å². The van der Waals surface area contributed by atoms with Gasteiger partial charge < -0.3 is 39.3 Å². The van der Waals surface area contributed by atoms with Crippen LogP contribution >= 0.6 is 23.5 Å². The Balaban J connectivity index is 0.964. The number of hydrogen-bond acceptors (Lipinski definition) is 21. The number of nitrogens with one attached hydrogen (secondary N) is 1. The molecule has 3 N–H and O–H groups in total. The van der Waals surface area contributed by atoms with Gasteiger partial charge in [-0.15, -0.1) is 16.9 Å². The van der Waals surface area contributed by atoms with E-state index in [2.05, 4.69) is 31.0 Å². The maximum Gasteiger partial charge on any atom is 0.365 e. The lowest BCUT2D eigenvalue weighted by atomic mass is 10.0. The van der Waals surface area contributed by atoms with Gasteiger partial charge in [-0.1, -0.05) is 138 Å². The van der Waals surface area contributed by atoms with Crippen molar-refractivity contribution in [2.45, 2.75) is 49.2 Å². The summed E-state index contributed by atoms with van der Waals surface area (Å²) in [7, 11) is 0. The maximum atomic E-state index is 14.8. The van der Waals surface area contributed by atoms with Gasteiger partial charge in [-0.25, -0.2) is 14.3 Å². The zero-order valence-corrected chi connectivity index (χ0v) is 42.3. The average Bonchev–Trinajstić information content (AvgIpc) is 4.09. The molecular formula is C53H43N9O13S2. The fraction of sp³-hybridized carbons (Fsp3) is 0.170. The Bertz CT molecular complexity index is 3340. The van der Waals surface area contributed by atoms with E-state index in [0.29, 0.717) is 16.7 Å². The predicted molar refractivity (Wildman–Crippen MR) is 274 cm³/mol. The van der Waals surface area contributed by atoms with Crippen molar-refractivity contribution in [3.8, 4) is 11.5 Å². The molecule has 1 fully saturated rings. The van der Waals surface area contributed by atoms with E-state index in [1.165, 1.54) is 33.5 Å². The van der Waals surface area contributed by atoms with Crippen molar-refractivity contribution < 1.29 is 61.8 Å². The Labute approximate surface area is 445 Å². The molecule has 9 rings (SSSR count). The molecule has 2 aliphatic heterocycles. The molecule has 77 heavy (non-hydrogen) atoms. The average molecular weight is 1080 g/mol. The number of oxime groups is 1. The number of anilines is 1. The number of oxazole rings is 1. The smallest absolute Gasteiger partial charge is 0.365 e. The van der Waals surface area contributed by atoms with Crippen LogP contribution in [0.4, 0.5) is 6.01 Å². The SMILES string of the molecule is CC(=O)Oc1ccc(C(=O)O/N=C(\C(=O)N[C@@H]2C(=O)N3C(C(=O)OC(c4ccccc4)c4ccccc4)=C(CSc4nnnn4CC(=O)OC(c4ccccc4)c4ccccc4)CS[C@H]23)c2coc(N)n2)cc1OC(C)=O. The molecule has 4 heterocycles. The molecule has 22 nitrogen and oxygen atoms in total. The Kier molecular flexibility index (Phi) is 16.2. The molecular weight excluding hydrogens is 1030 g/mol. The number of fused-ring (bicyclic) bond motifs is 1. The number of carbonyl (C=O) groups is 7. The van der Waals surface area contributed by atoms with E-state index in [9.17, 15) is 33.6 Å². The number of benzene rings is 5. The van der Waals surface area contributed by atoms with Crippen molar-refractivity contribution in [3.63, 3.8) is 0 Å². The van der Waals surface area contributed by atoms with Gasteiger partial charge in [0.1, 0.15) is 35.6 Å². The summed E-state index contributed by atoms with van der Waals surface area (Å²) in [5.41, 5.74) is 7.78. The van der Waals surface area contributed by atoms with E-state index in [1.54, 1.807) is 24.3 Å². The standard InChI is InChI=1S/C53H43N9O13S2/c1-30(63)71-39-24-23-36(25-40(39)72-31(2)64)50(68)75-58-42(38-27-70-52(54)55-38)47(66)56-43-48(67)62-44(51(69)74-46(34-19-11-5-12-20-34)35-21-13-6-14-22-35)37(28-76-49(43)62)29-77-53-57-59-60-61(53)26-41(65)73-45(32-15-7-3-8-16-32)33-17-9-4-10-18-33/h3-25,27,43,45-46,49H,26,28-29H2,1-2H3,(H2,54,55)(H,56,66)/b58-42-/t43-,49-/m1/s1. The highest BCUT2D eigenvalue weighted by Crippen LogP contribution is 2.43. The van der Waals surface area contributed by atoms with Crippen molar-refractivity contribution in [1.82, 2.24) is 35.4 Å². The third-order valence-electron chi connectivity index (χ3n) is 11.5. The highest BCUT2D eigenvalue weighted by atomic mass is 32.2. The van der Waals surface area contributed by atoms with Crippen molar-refractivity contribution in [2.75, 3.05) is 17.2 Å². The van der Waals surface area contributed by atoms with Gasteiger partial charge in [-0.05, 0) is 56.5 Å². The van der Waals surface area contributed by atoms with Gasteiger partial charge in [0.25, 0.3) is 17.8 Å². The van der Waals surface area contributed by atoms with E-state index in [1.807, 2.05) is 97.1 Å². The fourth-order valence-corrected chi connectivity index (χ4v) is 10.4. The van der Waals surface area contributed by atoms with Gasteiger partial charge in [-0.2, -0.15) is 4.98 Å². The van der Waals surface area contributed by atoms with Gasteiger partial charge in [0, 0.05) is 25.4 Å². The molecule has 2 amide bonds. The number of thioether (sulfide) groups is 2. The fourth-order valence-electron chi connectivity index (χ4n) is 8.01. The number of tetrazole rings is 1. The first kappa shape index (κ1) is 52.4. The van der Waals surface area contributed by atoms with E-state index in [4.69, 9.17) is 33.9 Å². The molecule has 0 aliphatic carbocycles. The van der Waals surface area contributed by atoms with Crippen LogP contribution in [0.5, 0.6) is 11.5 Å². The summed E-state index contributed by atoms with van der Waals surface area (Å²) >= 11 is 2.34. The number of β-lactam (4-membered cyclic amide) rings is 1.